The number of rotatable bonds is 0. The van der Waals surface area contributed by atoms with Gasteiger partial charge in [-0.2, -0.15) is 0 Å². The molecule has 0 saturated heterocycles. The Morgan fingerprint density at radius 1 is 0.646 bits per heavy atom. The molecule has 0 amide bonds. The summed E-state index contributed by atoms with van der Waals surface area (Å²) in [6.07, 6.45) is 3.34. The van der Waals surface area contributed by atoms with Gasteiger partial charge in [-0.1, -0.05) is 49.4 Å². The van der Waals surface area contributed by atoms with E-state index in [1.807, 2.05) is 42.5 Å². The van der Waals surface area contributed by atoms with Gasteiger partial charge in [0.25, 0.3) is 0 Å². The third-order valence-electron chi connectivity index (χ3n) is 9.21. The average molecular weight is 640 g/mol. The van der Waals surface area contributed by atoms with Gasteiger partial charge in [-0.15, -0.1) is 0 Å². The van der Waals surface area contributed by atoms with Crippen LogP contribution in [-0.4, -0.2) is 26.4 Å². The summed E-state index contributed by atoms with van der Waals surface area (Å²) in [5.41, 5.74) is 12.5. The van der Waals surface area contributed by atoms with Crippen molar-refractivity contribution in [2.75, 3.05) is 16.4 Å². The maximum atomic E-state index is 9.94. The number of phenolic OH excluding ortho intramolecular Hbond substituents is 3. The number of allylic oxidation sites excluding steroid dienone is 1. The van der Waals surface area contributed by atoms with Crippen LogP contribution >= 0.6 is 0 Å². The van der Waals surface area contributed by atoms with Crippen LogP contribution in [0.1, 0.15) is 65.0 Å². The van der Waals surface area contributed by atoms with Crippen molar-refractivity contribution in [3.8, 4) is 17.2 Å². The van der Waals surface area contributed by atoms with Crippen LogP contribution in [0.2, 0.25) is 0 Å². The second-order valence-electron chi connectivity index (χ2n) is 14.3. The molecule has 2 heterocycles. The lowest BCUT2D eigenvalue weighted by Crippen LogP contribution is -2.36. The molecular formula is C42H45N3O3. The van der Waals surface area contributed by atoms with Crippen LogP contribution in [-0.2, 0) is 0 Å². The Balaban J connectivity index is 0.000000128. The minimum absolute atomic E-state index is 0.0262. The van der Waals surface area contributed by atoms with Crippen molar-refractivity contribution in [3.63, 3.8) is 0 Å². The Kier molecular flexibility index (Phi) is 8.38. The topological polar surface area (TPSA) is 111 Å². The molecule has 2 aliphatic heterocycles. The van der Waals surface area contributed by atoms with E-state index in [4.69, 9.17) is 5.73 Å². The van der Waals surface area contributed by atoms with Gasteiger partial charge in [0, 0.05) is 44.3 Å². The molecule has 0 spiro atoms. The zero-order valence-electron chi connectivity index (χ0n) is 28.5. The Bertz CT molecular complexity index is 2200. The van der Waals surface area contributed by atoms with Crippen molar-refractivity contribution < 1.29 is 15.3 Å². The summed E-state index contributed by atoms with van der Waals surface area (Å²) in [6.45, 7) is 13.2. The van der Waals surface area contributed by atoms with Gasteiger partial charge in [0.1, 0.15) is 17.2 Å². The van der Waals surface area contributed by atoms with Crippen molar-refractivity contribution in [2.45, 2.75) is 65.0 Å². The standard InChI is InChI=1S/C16H19NO.C16H17NO.C10H9NO/c2*1-10-9-16(2,3)17-13-8-7-11-12(15(10)13)5-4-6-14(11)18;11-8-4-5-9-7(6-8)2-1-3-10(9)12/h4-8,10,17-18H,9H2,1-3H3;4-9,17-18H,1-3H3;1-6,12H,11H2. The van der Waals surface area contributed by atoms with Gasteiger partial charge in [-0.25, -0.2) is 0 Å². The van der Waals surface area contributed by atoms with E-state index in [1.54, 1.807) is 30.3 Å². The molecule has 0 saturated carbocycles. The Morgan fingerprint density at radius 2 is 1.21 bits per heavy atom. The molecule has 1 atom stereocenters. The van der Waals surface area contributed by atoms with Gasteiger partial charge in [0.15, 0.2) is 0 Å². The van der Waals surface area contributed by atoms with Gasteiger partial charge in [0.05, 0.1) is 5.54 Å². The number of nitrogens with one attached hydrogen (secondary N) is 2. The number of anilines is 3. The Morgan fingerprint density at radius 3 is 1.90 bits per heavy atom. The van der Waals surface area contributed by atoms with E-state index in [-0.39, 0.29) is 11.1 Å². The normalized spacial score (nSPS) is 17.0. The molecule has 0 aromatic heterocycles. The van der Waals surface area contributed by atoms with Crippen molar-refractivity contribution in [1.29, 1.82) is 0 Å². The first kappa shape index (κ1) is 32.6. The lowest BCUT2D eigenvalue weighted by molar-refractivity contribution is 0.456. The first-order chi connectivity index (χ1) is 22.7. The molecule has 0 radical (unpaired) electrons. The highest BCUT2D eigenvalue weighted by molar-refractivity contribution is 6.02. The summed E-state index contributed by atoms with van der Waals surface area (Å²) in [4.78, 5) is 0. The van der Waals surface area contributed by atoms with E-state index in [1.165, 1.54) is 27.8 Å². The quantitative estimate of drug-likeness (QED) is 0.0923. The lowest BCUT2D eigenvalue weighted by atomic mass is 9.80. The van der Waals surface area contributed by atoms with Crippen LogP contribution in [0.4, 0.5) is 17.1 Å². The number of nitrogens with two attached hydrogens (primary N) is 1. The molecule has 0 bridgehead atoms. The number of hydrogen-bond donors (Lipinski definition) is 6. The number of phenols is 3. The second-order valence-corrected chi connectivity index (χ2v) is 14.3. The molecule has 7 N–H and O–H groups in total. The van der Waals surface area contributed by atoms with Crippen molar-refractivity contribution in [1.82, 2.24) is 0 Å². The zero-order valence-corrected chi connectivity index (χ0v) is 28.5. The maximum absolute atomic E-state index is 9.94. The molecule has 246 valence electrons. The summed E-state index contributed by atoms with van der Waals surface area (Å²) in [5, 5.41) is 42.3. The highest BCUT2D eigenvalue weighted by atomic mass is 16.3. The number of aromatic hydroxyl groups is 3. The van der Waals surface area contributed by atoms with Gasteiger partial charge < -0.3 is 31.7 Å². The Labute approximate surface area is 282 Å². The van der Waals surface area contributed by atoms with Crippen molar-refractivity contribution in [2.24, 2.45) is 0 Å². The van der Waals surface area contributed by atoms with E-state index in [2.05, 4.69) is 82.5 Å². The van der Waals surface area contributed by atoms with E-state index in [0.29, 0.717) is 28.9 Å². The molecule has 6 heteroatoms. The van der Waals surface area contributed by atoms with Crippen molar-refractivity contribution in [3.05, 3.63) is 114 Å². The fraction of sp³-hybridized carbons (Fsp3) is 0.238. The average Bonchev–Trinajstić information content (AvgIpc) is 3.00. The Hall–Kier alpha value is -5.36. The van der Waals surface area contributed by atoms with Crippen LogP contribution < -0.4 is 16.4 Å². The molecule has 0 aliphatic carbocycles. The van der Waals surface area contributed by atoms with Crippen LogP contribution in [0.5, 0.6) is 17.2 Å². The molecule has 2 aliphatic rings. The summed E-state index contributed by atoms with van der Waals surface area (Å²) in [7, 11) is 0. The summed E-state index contributed by atoms with van der Waals surface area (Å²) < 4.78 is 0. The van der Waals surface area contributed by atoms with Crippen molar-refractivity contribution >= 4 is 55.0 Å². The molecule has 6 aromatic carbocycles. The highest BCUT2D eigenvalue weighted by Crippen LogP contribution is 2.44. The number of fused-ring (bicyclic) bond motifs is 7. The summed E-state index contributed by atoms with van der Waals surface area (Å²) >= 11 is 0. The fourth-order valence-electron chi connectivity index (χ4n) is 7.44. The fourth-order valence-corrected chi connectivity index (χ4v) is 7.44. The first-order valence-corrected chi connectivity index (χ1v) is 16.5. The van der Waals surface area contributed by atoms with Crippen LogP contribution in [0.25, 0.3) is 37.9 Å². The predicted molar refractivity (Wildman–Crippen MR) is 203 cm³/mol. The van der Waals surface area contributed by atoms with E-state index in [0.717, 1.165) is 39.0 Å². The summed E-state index contributed by atoms with van der Waals surface area (Å²) in [6, 6.07) is 30.4. The van der Waals surface area contributed by atoms with Gasteiger partial charge in [0.2, 0.25) is 0 Å². The molecule has 6 nitrogen and oxygen atoms in total. The maximum Gasteiger partial charge on any atom is 0.123 e. The molecule has 1 unspecified atom stereocenters. The minimum atomic E-state index is -0.0262. The molecule has 6 aromatic rings. The zero-order chi connectivity index (χ0) is 34.4. The molecular weight excluding hydrogens is 594 g/mol. The van der Waals surface area contributed by atoms with Crippen LogP contribution in [0, 0.1) is 0 Å². The molecule has 0 fully saturated rings. The smallest absolute Gasteiger partial charge is 0.123 e. The van der Waals surface area contributed by atoms with E-state index >= 15 is 0 Å². The SMILES string of the molecule is CC1=CC(C)(C)Nc2ccc3c(O)cccc3c21.CC1CC(C)(C)Nc2ccc3c(O)cccc3c21.Nc1ccc2c(O)cccc2c1. The minimum Gasteiger partial charge on any atom is -0.507 e. The van der Waals surface area contributed by atoms with Gasteiger partial charge in [-0.3, -0.25) is 0 Å². The van der Waals surface area contributed by atoms with Gasteiger partial charge >= 0.3 is 0 Å². The van der Waals surface area contributed by atoms with Gasteiger partial charge in [-0.05, 0) is 135 Å². The third-order valence-corrected chi connectivity index (χ3v) is 9.21. The number of hydrogen-bond acceptors (Lipinski definition) is 6. The largest absolute Gasteiger partial charge is 0.507 e. The van der Waals surface area contributed by atoms with Crippen LogP contribution in [0.3, 0.4) is 0 Å². The highest BCUT2D eigenvalue weighted by Gasteiger charge is 2.30. The van der Waals surface area contributed by atoms with E-state index < -0.39 is 0 Å². The summed E-state index contributed by atoms with van der Waals surface area (Å²) in [5.74, 6) is 1.51. The van der Waals surface area contributed by atoms with Crippen LogP contribution in [0.15, 0.2) is 103 Å². The first-order valence-electron chi connectivity index (χ1n) is 16.5. The number of benzene rings is 6. The number of nitrogen functional groups attached to an aromatic ring is 1. The van der Waals surface area contributed by atoms with E-state index in [9.17, 15) is 15.3 Å². The third kappa shape index (κ3) is 6.43. The predicted octanol–water partition coefficient (Wildman–Crippen LogP) is 10.5. The second kappa shape index (κ2) is 12.3. The molecule has 48 heavy (non-hydrogen) atoms. The molecule has 8 rings (SSSR count). The lowest BCUT2D eigenvalue weighted by Gasteiger charge is -2.38. The monoisotopic (exact) mass is 639 g/mol.